The van der Waals surface area contributed by atoms with E-state index in [0.29, 0.717) is 13.1 Å². The third kappa shape index (κ3) is 24.5. The van der Waals surface area contributed by atoms with Gasteiger partial charge in [0.2, 0.25) is 0 Å². The lowest BCUT2D eigenvalue weighted by Crippen LogP contribution is -2.35. The van der Waals surface area contributed by atoms with Crippen LogP contribution < -0.4 is 11.1 Å². The number of carboxylic acid groups (broad SMARTS) is 1. The molecular weight excluding hydrogens is 200 g/mol. The highest BCUT2D eigenvalue weighted by molar-refractivity contribution is 5.67. The second kappa shape index (κ2) is 8.05. The van der Waals surface area contributed by atoms with E-state index >= 15 is 0 Å². The normalized spacial score (nSPS) is 9.67. The van der Waals surface area contributed by atoms with Crippen molar-refractivity contribution < 1.29 is 19.4 Å². The molecule has 0 aliphatic heterocycles. The first-order valence-electron chi connectivity index (χ1n) is 4.55. The lowest BCUT2D eigenvalue weighted by molar-refractivity contribution is -0.134. The van der Waals surface area contributed by atoms with Gasteiger partial charge >= 0.3 is 6.09 Å². The molecule has 0 aliphatic carbocycles. The number of hydrogen-bond donors (Lipinski definition) is 3. The number of amides is 1. The Morgan fingerprint density at radius 3 is 2.07 bits per heavy atom. The molecule has 15 heavy (non-hydrogen) atoms. The maximum absolute atomic E-state index is 10.8. The summed E-state index contributed by atoms with van der Waals surface area (Å²) in [6.45, 7) is 7.41. The van der Waals surface area contributed by atoms with Crippen molar-refractivity contribution in [3.8, 4) is 0 Å². The molecule has 0 atom stereocenters. The fraction of sp³-hybridized carbons (Fsp3) is 0.778. The van der Waals surface area contributed by atoms with Gasteiger partial charge in [-0.15, -0.1) is 0 Å². The molecule has 0 spiro atoms. The first kappa shape index (κ1) is 16.1. The van der Waals surface area contributed by atoms with E-state index < -0.39 is 17.7 Å². The first-order valence-corrected chi connectivity index (χ1v) is 4.55. The van der Waals surface area contributed by atoms with Crippen molar-refractivity contribution in [2.45, 2.75) is 33.3 Å². The molecule has 0 aromatic carbocycles. The molecule has 0 fully saturated rings. The number of carboxylic acids is 1. The molecule has 6 heteroatoms. The molecule has 1 amide bonds. The average molecular weight is 220 g/mol. The molecule has 4 N–H and O–H groups in total. The second-order valence-electron chi connectivity index (χ2n) is 3.74. The molecule has 0 aromatic rings. The van der Waals surface area contributed by atoms with Gasteiger partial charge in [-0.25, -0.2) is 4.79 Å². The quantitative estimate of drug-likeness (QED) is 0.631. The summed E-state index contributed by atoms with van der Waals surface area (Å²) in [6, 6.07) is 0. The van der Waals surface area contributed by atoms with Crippen molar-refractivity contribution in [2.24, 2.45) is 5.73 Å². The van der Waals surface area contributed by atoms with E-state index in [0.717, 1.165) is 6.92 Å². The maximum atomic E-state index is 10.8. The van der Waals surface area contributed by atoms with E-state index in [1.54, 1.807) is 0 Å². The van der Waals surface area contributed by atoms with Crippen LogP contribution in [0.25, 0.3) is 0 Å². The van der Waals surface area contributed by atoms with Gasteiger partial charge in [0.1, 0.15) is 5.60 Å². The molecule has 0 rings (SSSR count). The van der Waals surface area contributed by atoms with Crippen LogP contribution in [0, 0.1) is 0 Å². The summed E-state index contributed by atoms with van der Waals surface area (Å²) in [6.07, 6.45) is -0.414. The first-order chi connectivity index (χ1) is 6.69. The second-order valence-corrected chi connectivity index (χ2v) is 3.74. The summed E-state index contributed by atoms with van der Waals surface area (Å²) in [5.41, 5.74) is 4.74. The number of nitrogens with one attached hydrogen (secondary N) is 1. The molecule has 0 aliphatic rings. The summed E-state index contributed by atoms with van der Waals surface area (Å²) < 4.78 is 4.93. The molecule has 0 bridgehead atoms. The number of carbonyl (C=O) groups excluding carboxylic acids is 1. The van der Waals surface area contributed by atoms with Crippen LogP contribution in [0.2, 0.25) is 0 Å². The van der Waals surface area contributed by atoms with Crippen LogP contribution in [0.5, 0.6) is 0 Å². The number of hydrogen-bond acceptors (Lipinski definition) is 4. The summed E-state index contributed by atoms with van der Waals surface area (Å²) in [5.74, 6) is -0.833. The van der Waals surface area contributed by atoms with Gasteiger partial charge in [0.25, 0.3) is 5.97 Å². The predicted octanol–water partition coefficient (Wildman–Crippen LogP) is 0.561. The zero-order chi connectivity index (χ0) is 12.5. The standard InChI is InChI=1S/C7H16N2O2.C2H4O2/c1-7(2,3)11-6(10)9-5-4-8;1-2(3)4/h4-5,8H2,1-3H3,(H,9,10);1H3,(H,3,4). The molecule has 0 heterocycles. The monoisotopic (exact) mass is 220 g/mol. The third-order valence-electron chi connectivity index (χ3n) is 0.813. The molecule has 0 unspecified atom stereocenters. The van der Waals surface area contributed by atoms with E-state index in [9.17, 15) is 4.79 Å². The van der Waals surface area contributed by atoms with Gasteiger partial charge in [-0.2, -0.15) is 0 Å². The maximum Gasteiger partial charge on any atom is 0.407 e. The van der Waals surface area contributed by atoms with Gasteiger partial charge < -0.3 is 20.9 Å². The van der Waals surface area contributed by atoms with Gasteiger partial charge in [-0.3, -0.25) is 4.79 Å². The molecule has 90 valence electrons. The van der Waals surface area contributed by atoms with Crippen molar-refractivity contribution in [2.75, 3.05) is 13.1 Å². The molecular formula is C9H20N2O4. The summed E-state index contributed by atoms with van der Waals surface area (Å²) in [4.78, 5) is 19.8. The van der Waals surface area contributed by atoms with Gasteiger partial charge in [0, 0.05) is 20.0 Å². The summed E-state index contributed by atoms with van der Waals surface area (Å²) >= 11 is 0. The van der Waals surface area contributed by atoms with Crippen molar-refractivity contribution in [3.63, 3.8) is 0 Å². The van der Waals surface area contributed by atoms with Crippen LogP contribution in [0.4, 0.5) is 4.79 Å². The van der Waals surface area contributed by atoms with Crippen molar-refractivity contribution >= 4 is 12.1 Å². The molecule has 6 nitrogen and oxygen atoms in total. The Morgan fingerprint density at radius 1 is 1.40 bits per heavy atom. The molecule has 0 aromatic heterocycles. The highest BCUT2D eigenvalue weighted by atomic mass is 16.6. The Bertz CT molecular complexity index is 195. The van der Waals surface area contributed by atoms with Gasteiger partial charge in [-0.1, -0.05) is 0 Å². The Labute approximate surface area is 89.8 Å². The fourth-order valence-electron chi connectivity index (χ4n) is 0.488. The predicted molar refractivity (Wildman–Crippen MR) is 56.6 cm³/mol. The van der Waals surface area contributed by atoms with Crippen molar-refractivity contribution in [1.29, 1.82) is 0 Å². The minimum absolute atomic E-state index is 0.414. The van der Waals surface area contributed by atoms with Gasteiger partial charge in [-0.05, 0) is 20.8 Å². The van der Waals surface area contributed by atoms with Gasteiger partial charge in [0.15, 0.2) is 0 Å². The van der Waals surface area contributed by atoms with E-state index in [-0.39, 0.29) is 0 Å². The molecule has 0 saturated carbocycles. The third-order valence-corrected chi connectivity index (χ3v) is 0.813. The number of carbonyl (C=O) groups is 2. The van der Waals surface area contributed by atoms with Crippen molar-refractivity contribution in [1.82, 2.24) is 5.32 Å². The van der Waals surface area contributed by atoms with E-state index in [2.05, 4.69) is 5.32 Å². The highest BCUT2D eigenvalue weighted by Gasteiger charge is 2.14. The molecule has 0 radical (unpaired) electrons. The Morgan fingerprint density at radius 2 is 1.80 bits per heavy atom. The minimum Gasteiger partial charge on any atom is -0.481 e. The lowest BCUT2D eigenvalue weighted by atomic mass is 10.2. The highest BCUT2D eigenvalue weighted by Crippen LogP contribution is 2.05. The van der Waals surface area contributed by atoms with E-state index in [1.807, 2.05) is 20.8 Å². The van der Waals surface area contributed by atoms with Crippen LogP contribution in [0.15, 0.2) is 0 Å². The topological polar surface area (TPSA) is 102 Å². The number of ether oxygens (including phenoxy) is 1. The van der Waals surface area contributed by atoms with Crippen LogP contribution in [0.3, 0.4) is 0 Å². The average Bonchev–Trinajstić information content (AvgIpc) is 1.96. The number of alkyl carbamates (subject to hydrolysis) is 1. The van der Waals surface area contributed by atoms with Crippen LogP contribution in [-0.4, -0.2) is 35.9 Å². The zero-order valence-electron chi connectivity index (χ0n) is 9.66. The largest absolute Gasteiger partial charge is 0.481 e. The Hall–Kier alpha value is -1.30. The lowest BCUT2D eigenvalue weighted by Gasteiger charge is -2.19. The van der Waals surface area contributed by atoms with E-state index in [1.165, 1.54) is 0 Å². The number of nitrogens with two attached hydrogens (primary N) is 1. The summed E-state index contributed by atoms with van der Waals surface area (Å²) in [5, 5.41) is 9.92. The van der Waals surface area contributed by atoms with E-state index in [4.69, 9.17) is 20.4 Å². The smallest absolute Gasteiger partial charge is 0.407 e. The SMILES string of the molecule is CC(=O)O.CC(C)(C)OC(=O)NCCN. The van der Waals surface area contributed by atoms with Crippen molar-refractivity contribution in [3.05, 3.63) is 0 Å². The number of aliphatic carboxylic acids is 1. The zero-order valence-corrected chi connectivity index (χ0v) is 9.66. The minimum atomic E-state index is -0.833. The van der Waals surface area contributed by atoms with Gasteiger partial charge in [0.05, 0.1) is 0 Å². The van der Waals surface area contributed by atoms with Crippen LogP contribution in [0.1, 0.15) is 27.7 Å². The number of rotatable bonds is 2. The Kier molecular flexibility index (Phi) is 8.66. The van der Waals surface area contributed by atoms with Crippen LogP contribution >= 0.6 is 0 Å². The molecule has 0 saturated heterocycles. The Balaban J connectivity index is 0. The van der Waals surface area contributed by atoms with Crippen LogP contribution in [-0.2, 0) is 9.53 Å². The summed E-state index contributed by atoms with van der Waals surface area (Å²) in [7, 11) is 0. The fourth-order valence-corrected chi connectivity index (χ4v) is 0.488.